The molecule has 124 valence electrons. The van der Waals surface area contributed by atoms with Crippen molar-refractivity contribution in [2.75, 3.05) is 13.6 Å². The first-order chi connectivity index (χ1) is 10.4. The van der Waals surface area contributed by atoms with E-state index >= 15 is 0 Å². The molecule has 1 aromatic rings. The van der Waals surface area contributed by atoms with Gasteiger partial charge < -0.3 is 15.6 Å². The number of hydrogen-bond donors (Lipinski definition) is 3. The molecule has 0 saturated heterocycles. The molecule has 2 unspecified atom stereocenters. The number of nitrogens with zero attached hydrogens (tertiary/aromatic N) is 1. The Kier molecular flexibility index (Phi) is 5.25. The van der Waals surface area contributed by atoms with Crippen LogP contribution in [-0.4, -0.2) is 38.5 Å². The van der Waals surface area contributed by atoms with Crippen LogP contribution in [0.5, 0.6) is 0 Å². The van der Waals surface area contributed by atoms with Gasteiger partial charge in [0.25, 0.3) is 5.91 Å². The van der Waals surface area contributed by atoms with Gasteiger partial charge in [0.15, 0.2) is 0 Å². The van der Waals surface area contributed by atoms with Crippen LogP contribution in [0.2, 0.25) is 0 Å². The number of nitrogens with two attached hydrogens (primary N) is 1. The zero-order valence-corrected chi connectivity index (χ0v) is 13.8. The van der Waals surface area contributed by atoms with Crippen LogP contribution in [-0.2, 0) is 17.1 Å². The number of aryl methyl sites for hydroxylation is 1. The number of amides is 1. The molecule has 1 heterocycles. The Labute approximate surface area is 131 Å². The lowest BCUT2D eigenvalue weighted by Crippen LogP contribution is -2.44. The van der Waals surface area contributed by atoms with E-state index in [1.165, 1.54) is 23.9 Å². The normalized spacial score (nSPS) is 22.5. The highest BCUT2D eigenvalue weighted by Crippen LogP contribution is 2.25. The minimum Gasteiger partial charge on any atom is -0.354 e. The Morgan fingerprint density at radius 1 is 1.41 bits per heavy atom. The van der Waals surface area contributed by atoms with Gasteiger partial charge in [-0.2, -0.15) is 0 Å². The molecule has 8 heteroatoms. The maximum absolute atomic E-state index is 12.5. The summed E-state index contributed by atoms with van der Waals surface area (Å²) in [5.74, 6) is -0.146. The second-order valence-electron chi connectivity index (χ2n) is 5.76. The SMILES string of the molecule is CNC(=O)c1cc(S(=O)(=O)NC2CCCCC2CN)cn1C. The second kappa shape index (κ2) is 6.80. The molecule has 1 fully saturated rings. The number of hydrogen-bond acceptors (Lipinski definition) is 4. The maximum atomic E-state index is 12.5. The fraction of sp³-hybridized carbons (Fsp3) is 0.643. The molecular formula is C14H24N4O3S. The van der Waals surface area contributed by atoms with Crippen LogP contribution in [0.1, 0.15) is 36.2 Å². The van der Waals surface area contributed by atoms with Crippen molar-refractivity contribution in [3.63, 3.8) is 0 Å². The van der Waals surface area contributed by atoms with Crippen LogP contribution in [0, 0.1) is 5.92 Å². The van der Waals surface area contributed by atoms with Gasteiger partial charge in [0, 0.05) is 26.3 Å². The topological polar surface area (TPSA) is 106 Å². The Balaban J connectivity index is 2.21. The molecule has 0 bridgehead atoms. The van der Waals surface area contributed by atoms with Crippen LogP contribution in [0.15, 0.2) is 17.2 Å². The second-order valence-corrected chi connectivity index (χ2v) is 7.47. The molecule has 0 spiro atoms. The Bertz CT molecular complexity index is 639. The van der Waals surface area contributed by atoms with Gasteiger partial charge in [-0.15, -0.1) is 0 Å². The summed E-state index contributed by atoms with van der Waals surface area (Å²) < 4.78 is 29.3. The predicted octanol–water partition coefficient (Wildman–Crippen LogP) is 0.181. The van der Waals surface area contributed by atoms with E-state index in [1.807, 2.05) is 0 Å². The van der Waals surface area contributed by atoms with Gasteiger partial charge in [-0.25, -0.2) is 13.1 Å². The molecule has 1 saturated carbocycles. The molecule has 0 aromatic carbocycles. The summed E-state index contributed by atoms with van der Waals surface area (Å²) in [6.45, 7) is 0.478. The monoisotopic (exact) mass is 328 g/mol. The summed E-state index contributed by atoms with van der Waals surface area (Å²) in [5, 5.41) is 2.49. The van der Waals surface area contributed by atoms with E-state index in [1.54, 1.807) is 7.05 Å². The first-order valence-electron chi connectivity index (χ1n) is 7.50. The lowest BCUT2D eigenvalue weighted by atomic mass is 9.85. The van der Waals surface area contributed by atoms with E-state index in [4.69, 9.17) is 5.73 Å². The highest BCUT2D eigenvalue weighted by atomic mass is 32.2. The molecule has 2 rings (SSSR count). The van der Waals surface area contributed by atoms with E-state index < -0.39 is 10.0 Å². The smallest absolute Gasteiger partial charge is 0.267 e. The van der Waals surface area contributed by atoms with Gasteiger partial charge in [0.1, 0.15) is 10.6 Å². The lowest BCUT2D eigenvalue weighted by Gasteiger charge is -2.30. The predicted molar refractivity (Wildman–Crippen MR) is 83.9 cm³/mol. The summed E-state index contributed by atoms with van der Waals surface area (Å²) in [4.78, 5) is 11.8. The van der Waals surface area contributed by atoms with Crippen molar-refractivity contribution in [2.45, 2.75) is 36.6 Å². The third-order valence-corrected chi connectivity index (χ3v) is 5.73. The molecule has 0 radical (unpaired) electrons. The Hall–Kier alpha value is -1.38. The van der Waals surface area contributed by atoms with Gasteiger partial charge in [0.2, 0.25) is 10.0 Å². The third-order valence-electron chi connectivity index (χ3n) is 4.27. The summed E-state index contributed by atoms with van der Waals surface area (Å²) in [7, 11) is -0.497. The van der Waals surface area contributed by atoms with Crippen molar-refractivity contribution in [3.8, 4) is 0 Å². The average Bonchev–Trinajstić information content (AvgIpc) is 2.89. The van der Waals surface area contributed by atoms with E-state index in [-0.39, 0.29) is 22.8 Å². The van der Waals surface area contributed by atoms with Gasteiger partial charge in [-0.05, 0) is 31.4 Å². The average molecular weight is 328 g/mol. The first-order valence-corrected chi connectivity index (χ1v) is 8.98. The van der Waals surface area contributed by atoms with E-state index in [0.29, 0.717) is 12.2 Å². The lowest BCUT2D eigenvalue weighted by molar-refractivity contribution is 0.0955. The van der Waals surface area contributed by atoms with Crippen LogP contribution in [0.3, 0.4) is 0 Å². The molecule has 7 nitrogen and oxygen atoms in total. The molecular weight excluding hydrogens is 304 g/mol. The Morgan fingerprint density at radius 2 is 2.09 bits per heavy atom. The summed E-state index contributed by atoms with van der Waals surface area (Å²) >= 11 is 0. The van der Waals surface area contributed by atoms with Crippen molar-refractivity contribution in [1.82, 2.24) is 14.6 Å². The van der Waals surface area contributed by atoms with E-state index in [0.717, 1.165) is 25.7 Å². The van der Waals surface area contributed by atoms with Crippen LogP contribution in [0.25, 0.3) is 0 Å². The zero-order valence-electron chi connectivity index (χ0n) is 13.0. The maximum Gasteiger partial charge on any atom is 0.267 e. The highest BCUT2D eigenvalue weighted by molar-refractivity contribution is 7.89. The van der Waals surface area contributed by atoms with Crippen molar-refractivity contribution in [2.24, 2.45) is 18.7 Å². The summed E-state index contributed by atoms with van der Waals surface area (Å²) in [5.41, 5.74) is 6.05. The van der Waals surface area contributed by atoms with Crippen molar-refractivity contribution < 1.29 is 13.2 Å². The first kappa shape index (κ1) is 17.0. The van der Waals surface area contributed by atoms with E-state index in [2.05, 4.69) is 10.0 Å². The third kappa shape index (κ3) is 3.50. The molecule has 2 atom stereocenters. The largest absolute Gasteiger partial charge is 0.354 e. The minimum atomic E-state index is -3.65. The van der Waals surface area contributed by atoms with Crippen molar-refractivity contribution in [1.29, 1.82) is 0 Å². The van der Waals surface area contributed by atoms with Crippen LogP contribution < -0.4 is 15.8 Å². The van der Waals surface area contributed by atoms with Gasteiger partial charge in [-0.3, -0.25) is 4.79 Å². The van der Waals surface area contributed by atoms with Gasteiger partial charge in [-0.1, -0.05) is 12.8 Å². The molecule has 22 heavy (non-hydrogen) atoms. The number of nitrogens with one attached hydrogen (secondary N) is 2. The van der Waals surface area contributed by atoms with Crippen LogP contribution in [0.4, 0.5) is 0 Å². The molecule has 4 N–H and O–H groups in total. The number of carbonyl (C=O) groups is 1. The number of carbonyl (C=O) groups excluding carboxylic acids is 1. The highest BCUT2D eigenvalue weighted by Gasteiger charge is 2.29. The fourth-order valence-electron chi connectivity index (χ4n) is 2.95. The molecule has 1 amide bonds. The Morgan fingerprint density at radius 3 is 2.73 bits per heavy atom. The number of sulfonamides is 1. The molecule has 0 aliphatic heterocycles. The fourth-order valence-corrected chi connectivity index (χ4v) is 4.36. The van der Waals surface area contributed by atoms with Crippen LogP contribution >= 0.6 is 0 Å². The van der Waals surface area contributed by atoms with Crippen molar-refractivity contribution >= 4 is 15.9 Å². The summed E-state index contributed by atoms with van der Waals surface area (Å²) in [6.07, 6.45) is 5.29. The molecule has 1 aliphatic carbocycles. The molecule has 1 aromatic heterocycles. The van der Waals surface area contributed by atoms with Crippen molar-refractivity contribution in [3.05, 3.63) is 18.0 Å². The number of rotatable bonds is 5. The standard InChI is InChI=1S/C14H24N4O3S/c1-16-14(19)13-7-11(9-18(13)2)22(20,21)17-12-6-4-3-5-10(12)8-15/h7,9-10,12,17H,3-6,8,15H2,1-2H3,(H,16,19). The zero-order chi connectivity index (χ0) is 16.3. The minimum absolute atomic E-state index is 0.106. The molecule has 1 aliphatic rings. The van der Waals surface area contributed by atoms with Gasteiger partial charge >= 0.3 is 0 Å². The number of aromatic nitrogens is 1. The van der Waals surface area contributed by atoms with Gasteiger partial charge in [0.05, 0.1) is 0 Å². The quantitative estimate of drug-likeness (QED) is 0.717. The van der Waals surface area contributed by atoms with E-state index in [9.17, 15) is 13.2 Å². The summed E-state index contributed by atoms with van der Waals surface area (Å²) in [6, 6.07) is 1.26.